The molecule has 100 valence electrons. The van der Waals surface area contributed by atoms with Crippen LogP contribution in [0, 0.1) is 11.6 Å². The first-order valence-corrected chi connectivity index (χ1v) is 5.95. The van der Waals surface area contributed by atoms with Crippen molar-refractivity contribution >= 4 is 0 Å². The minimum atomic E-state index is -0.639. The van der Waals surface area contributed by atoms with Crippen LogP contribution in [-0.2, 0) is 13.0 Å². The van der Waals surface area contributed by atoms with E-state index in [1.165, 1.54) is 0 Å². The first-order chi connectivity index (χ1) is 9.12. The summed E-state index contributed by atoms with van der Waals surface area (Å²) in [5, 5.41) is 0. The lowest BCUT2D eigenvalue weighted by molar-refractivity contribution is 0.420. The molecule has 0 bridgehead atoms. The second-order valence-electron chi connectivity index (χ2n) is 4.04. The van der Waals surface area contributed by atoms with Gasteiger partial charge in [0.05, 0.1) is 0 Å². The van der Waals surface area contributed by atoms with Crippen molar-refractivity contribution in [1.82, 2.24) is 4.98 Å². The Morgan fingerprint density at radius 1 is 1.21 bits per heavy atom. The number of rotatable bonds is 4. The van der Waals surface area contributed by atoms with E-state index in [-0.39, 0.29) is 11.6 Å². The van der Waals surface area contributed by atoms with Crippen LogP contribution in [0.3, 0.4) is 0 Å². The highest BCUT2D eigenvalue weighted by molar-refractivity contribution is 5.32. The molecule has 0 fully saturated rings. The van der Waals surface area contributed by atoms with Crippen molar-refractivity contribution in [3.05, 3.63) is 53.2 Å². The zero-order valence-electron chi connectivity index (χ0n) is 10.5. The highest BCUT2D eigenvalue weighted by atomic mass is 19.1. The van der Waals surface area contributed by atoms with Crippen LogP contribution in [0.15, 0.2) is 30.3 Å². The minimum Gasteiger partial charge on any atom is -0.436 e. The first kappa shape index (κ1) is 13.4. The largest absolute Gasteiger partial charge is 0.436 e. The summed E-state index contributed by atoms with van der Waals surface area (Å²) in [6.07, 6.45) is 0.704. The Morgan fingerprint density at radius 2 is 2.00 bits per heavy atom. The molecule has 0 unspecified atom stereocenters. The standard InChI is InChI=1S/C14H14F2N2O/c1-2-11-5-9(8-17)6-14(18-11)19-13-7-10(15)3-4-12(13)16/h3-7H,2,8,17H2,1H3. The fourth-order valence-electron chi connectivity index (χ4n) is 1.64. The second-order valence-corrected chi connectivity index (χ2v) is 4.04. The van der Waals surface area contributed by atoms with Gasteiger partial charge >= 0.3 is 0 Å². The number of ether oxygens (including phenoxy) is 1. The smallest absolute Gasteiger partial charge is 0.219 e. The predicted molar refractivity (Wildman–Crippen MR) is 67.9 cm³/mol. The van der Waals surface area contributed by atoms with Crippen molar-refractivity contribution in [2.75, 3.05) is 0 Å². The highest BCUT2D eigenvalue weighted by Crippen LogP contribution is 2.25. The van der Waals surface area contributed by atoms with Gasteiger partial charge in [0.2, 0.25) is 5.88 Å². The zero-order chi connectivity index (χ0) is 13.8. The summed E-state index contributed by atoms with van der Waals surface area (Å²) >= 11 is 0. The van der Waals surface area contributed by atoms with E-state index in [2.05, 4.69) is 4.98 Å². The molecular weight excluding hydrogens is 250 g/mol. The third-order valence-corrected chi connectivity index (χ3v) is 2.62. The average molecular weight is 264 g/mol. The zero-order valence-corrected chi connectivity index (χ0v) is 10.5. The summed E-state index contributed by atoms with van der Waals surface area (Å²) in [7, 11) is 0. The number of aryl methyl sites for hydroxylation is 1. The molecule has 0 spiro atoms. The normalized spacial score (nSPS) is 10.5. The fourth-order valence-corrected chi connectivity index (χ4v) is 1.64. The Labute approximate surface area is 110 Å². The number of halogens is 2. The van der Waals surface area contributed by atoms with Crippen LogP contribution in [0.5, 0.6) is 11.6 Å². The maximum absolute atomic E-state index is 13.5. The molecule has 1 aromatic carbocycles. The predicted octanol–water partition coefficient (Wildman–Crippen LogP) is 3.17. The molecule has 2 rings (SSSR count). The van der Waals surface area contributed by atoms with E-state index in [1.807, 2.05) is 13.0 Å². The number of benzene rings is 1. The maximum Gasteiger partial charge on any atom is 0.219 e. The highest BCUT2D eigenvalue weighted by Gasteiger charge is 2.09. The molecule has 1 heterocycles. The monoisotopic (exact) mass is 264 g/mol. The number of hydrogen-bond donors (Lipinski definition) is 1. The van der Waals surface area contributed by atoms with Gasteiger partial charge in [0.15, 0.2) is 11.6 Å². The van der Waals surface area contributed by atoms with Gasteiger partial charge in [-0.2, -0.15) is 0 Å². The fraction of sp³-hybridized carbons (Fsp3) is 0.214. The van der Waals surface area contributed by atoms with Gasteiger partial charge in [0.25, 0.3) is 0 Å². The van der Waals surface area contributed by atoms with Crippen LogP contribution in [0.4, 0.5) is 8.78 Å². The molecule has 5 heteroatoms. The van der Waals surface area contributed by atoms with Crippen molar-refractivity contribution in [2.45, 2.75) is 19.9 Å². The van der Waals surface area contributed by atoms with Crippen LogP contribution in [0.25, 0.3) is 0 Å². The van der Waals surface area contributed by atoms with Gasteiger partial charge in [-0.3, -0.25) is 0 Å². The van der Waals surface area contributed by atoms with E-state index in [4.69, 9.17) is 10.5 Å². The minimum absolute atomic E-state index is 0.191. The maximum atomic E-state index is 13.5. The van der Waals surface area contributed by atoms with Gasteiger partial charge < -0.3 is 10.5 Å². The van der Waals surface area contributed by atoms with Crippen molar-refractivity contribution in [3.63, 3.8) is 0 Å². The SMILES string of the molecule is CCc1cc(CN)cc(Oc2cc(F)ccc2F)n1. The Bertz CT molecular complexity index is 565. The van der Waals surface area contributed by atoms with Gasteiger partial charge in [0.1, 0.15) is 5.82 Å². The lowest BCUT2D eigenvalue weighted by atomic mass is 10.2. The summed E-state index contributed by atoms with van der Waals surface area (Å²) < 4.78 is 31.8. The molecule has 1 aromatic heterocycles. The second kappa shape index (κ2) is 5.75. The Balaban J connectivity index is 2.34. The lowest BCUT2D eigenvalue weighted by Gasteiger charge is -2.09. The van der Waals surface area contributed by atoms with E-state index in [9.17, 15) is 8.78 Å². The molecule has 0 aliphatic carbocycles. The van der Waals surface area contributed by atoms with Gasteiger partial charge in [0, 0.05) is 24.4 Å². The molecule has 2 N–H and O–H groups in total. The van der Waals surface area contributed by atoms with Crippen LogP contribution in [0.2, 0.25) is 0 Å². The Morgan fingerprint density at radius 3 is 2.68 bits per heavy atom. The van der Waals surface area contributed by atoms with Crippen molar-refractivity contribution in [1.29, 1.82) is 0 Å². The molecule has 0 radical (unpaired) electrons. The van der Waals surface area contributed by atoms with E-state index in [0.29, 0.717) is 13.0 Å². The molecular formula is C14H14F2N2O. The average Bonchev–Trinajstić information content (AvgIpc) is 2.42. The van der Waals surface area contributed by atoms with Gasteiger partial charge in [-0.1, -0.05) is 6.92 Å². The number of pyridine rings is 1. The molecule has 3 nitrogen and oxygen atoms in total. The summed E-state index contributed by atoms with van der Waals surface area (Å²) in [6.45, 7) is 2.27. The first-order valence-electron chi connectivity index (χ1n) is 5.95. The van der Waals surface area contributed by atoms with Crippen molar-refractivity contribution in [3.8, 4) is 11.6 Å². The number of nitrogens with two attached hydrogens (primary N) is 1. The lowest BCUT2D eigenvalue weighted by Crippen LogP contribution is -2.01. The van der Waals surface area contributed by atoms with Crippen LogP contribution >= 0.6 is 0 Å². The summed E-state index contributed by atoms with van der Waals surface area (Å²) in [6, 6.07) is 6.50. The molecule has 0 aliphatic heterocycles. The molecule has 0 saturated carbocycles. The molecule has 2 aromatic rings. The summed E-state index contributed by atoms with van der Waals surface area (Å²) in [5.41, 5.74) is 7.19. The van der Waals surface area contributed by atoms with Crippen molar-refractivity contribution in [2.24, 2.45) is 5.73 Å². The molecule has 0 amide bonds. The van der Waals surface area contributed by atoms with Gasteiger partial charge in [-0.25, -0.2) is 13.8 Å². The molecule has 0 atom stereocenters. The number of aromatic nitrogens is 1. The van der Waals surface area contributed by atoms with Gasteiger partial charge in [-0.15, -0.1) is 0 Å². The number of nitrogens with zero attached hydrogens (tertiary/aromatic N) is 1. The molecule has 0 aliphatic rings. The van der Waals surface area contributed by atoms with E-state index in [1.54, 1.807) is 6.07 Å². The summed E-state index contributed by atoms with van der Waals surface area (Å²) in [4.78, 5) is 4.20. The third-order valence-electron chi connectivity index (χ3n) is 2.62. The van der Waals surface area contributed by atoms with E-state index in [0.717, 1.165) is 29.5 Å². The van der Waals surface area contributed by atoms with Crippen molar-refractivity contribution < 1.29 is 13.5 Å². The van der Waals surface area contributed by atoms with E-state index >= 15 is 0 Å². The Kier molecular flexibility index (Phi) is 4.06. The quantitative estimate of drug-likeness (QED) is 0.922. The third kappa shape index (κ3) is 3.26. The van der Waals surface area contributed by atoms with E-state index < -0.39 is 11.6 Å². The number of hydrogen-bond acceptors (Lipinski definition) is 3. The van der Waals surface area contributed by atoms with Crippen LogP contribution < -0.4 is 10.5 Å². The summed E-state index contributed by atoms with van der Waals surface area (Å²) in [5.74, 6) is -1.19. The Hall–Kier alpha value is -2.01. The molecule has 0 saturated heterocycles. The molecule has 19 heavy (non-hydrogen) atoms. The van der Waals surface area contributed by atoms with Crippen LogP contribution in [-0.4, -0.2) is 4.98 Å². The van der Waals surface area contributed by atoms with Crippen LogP contribution in [0.1, 0.15) is 18.2 Å². The topological polar surface area (TPSA) is 48.1 Å². The van der Waals surface area contributed by atoms with Gasteiger partial charge in [-0.05, 0) is 30.2 Å².